The van der Waals surface area contributed by atoms with Gasteiger partial charge in [0.25, 0.3) is 5.91 Å². The van der Waals surface area contributed by atoms with Crippen LogP contribution in [0.3, 0.4) is 0 Å². The minimum Gasteiger partial charge on any atom is -0.377 e. The third kappa shape index (κ3) is 2.17. The zero-order valence-corrected chi connectivity index (χ0v) is 12.2. The van der Waals surface area contributed by atoms with Crippen molar-refractivity contribution in [2.75, 3.05) is 32.8 Å². The summed E-state index contributed by atoms with van der Waals surface area (Å²) in [6.07, 6.45) is 0.938. The summed E-state index contributed by atoms with van der Waals surface area (Å²) in [5.74, 6) is 0.148. The van der Waals surface area contributed by atoms with E-state index in [-0.39, 0.29) is 11.9 Å². The van der Waals surface area contributed by atoms with Gasteiger partial charge in [-0.05, 0) is 25.1 Å². The lowest BCUT2D eigenvalue weighted by molar-refractivity contribution is -0.135. The predicted octanol–water partition coefficient (Wildman–Crippen LogP) is 1.27. The first-order valence-electron chi connectivity index (χ1n) is 6.81. The molecule has 0 aromatic rings. The summed E-state index contributed by atoms with van der Waals surface area (Å²) < 4.78 is 5.47. The van der Waals surface area contributed by atoms with Crippen molar-refractivity contribution in [3.8, 4) is 0 Å². The zero-order valence-electron chi connectivity index (χ0n) is 11.4. The molecule has 1 saturated heterocycles. The number of nitrogens with zero attached hydrogens (tertiary/aromatic N) is 3. The van der Waals surface area contributed by atoms with E-state index in [0.29, 0.717) is 19.8 Å². The Hall–Kier alpha value is -1.01. The van der Waals surface area contributed by atoms with Gasteiger partial charge in [-0.25, -0.2) is 0 Å². The molecule has 5 nitrogen and oxygen atoms in total. The fraction of sp³-hybridized carbons (Fsp3) is 0.692. The van der Waals surface area contributed by atoms with Gasteiger partial charge in [0.15, 0.2) is 5.17 Å². The van der Waals surface area contributed by atoms with Gasteiger partial charge in [-0.15, -0.1) is 0 Å². The first-order valence-corrected chi connectivity index (χ1v) is 7.63. The van der Waals surface area contributed by atoms with Crippen molar-refractivity contribution < 1.29 is 9.53 Å². The topological polar surface area (TPSA) is 45.1 Å². The molecule has 0 aromatic heterocycles. The van der Waals surface area contributed by atoms with Gasteiger partial charge in [-0.1, -0.05) is 6.92 Å². The number of ether oxygens (including phenoxy) is 1. The maximum Gasteiger partial charge on any atom is 0.262 e. The molecule has 0 aliphatic carbocycles. The van der Waals surface area contributed by atoms with E-state index in [1.54, 1.807) is 0 Å². The summed E-state index contributed by atoms with van der Waals surface area (Å²) in [7, 11) is 0. The van der Waals surface area contributed by atoms with Gasteiger partial charge in [0.1, 0.15) is 0 Å². The van der Waals surface area contributed by atoms with E-state index in [1.165, 1.54) is 11.8 Å². The van der Waals surface area contributed by atoms with Gasteiger partial charge in [0.05, 0.1) is 30.7 Å². The summed E-state index contributed by atoms with van der Waals surface area (Å²) in [6, 6.07) is 0.208. The molecular formula is C13H19N3O2S. The second-order valence-electron chi connectivity index (χ2n) is 4.97. The largest absolute Gasteiger partial charge is 0.377 e. The summed E-state index contributed by atoms with van der Waals surface area (Å²) >= 11 is 1.53. The van der Waals surface area contributed by atoms with Crippen LogP contribution >= 0.6 is 11.8 Å². The minimum absolute atomic E-state index is 0.148. The highest BCUT2D eigenvalue weighted by Crippen LogP contribution is 2.37. The first kappa shape index (κ1) is 13.0. The van der Waals surface area contributed by atoms with E-state index in [1.807, 2.05) is 11.8 Å². The molecule has 1 amide bonds. The average molecular weight is 281 g/mol. The number of hydrogen-bond donors (Lipinski definition) is 0. The average Bonchev–Trinajstić information content (AvgIpc) is 3.01. The third-order valence-corrected chi connectivity index (χ3v) is 5.09. The summed E-state index contributed by atoms with van der Waals surface area (Å²) in [5, 5.41) is 0.988. The molecule has 0 radical (unpaired) electrons. The first-order chi connectivity index (χ1) is 9.22. The predicted molar refractivity (Wildman–Crippen MR) is 75.9 cm³/mol. The molecule has 0 aromatic carbocycles. The van der Waals surface area contributed by atoms with Crippen LogP contribution in [0.15, 0.2) is 15.6 Å². The van der Waals surface area contributed by atoms with E-state index in [9.17, 15) is 4.79 Å². The van der Waals surface area contributed by atoms with Gasteiger partial charge >= 0.3 is 0 Å². The molecule has 1 atom stereocenters. The molecule has 6 heteroatoms. The monoisotopic (exact) mass is 281 g/mol. The number of rotatable bonds is 2. The maximum absolute atomic E-state index is 12.7. The van der Waals surface area contributed by atoms with Crippen LogP contribution in [0.5, 0.6) is 0 Å². The maximum atomic E-state index is 12.7. The molecule has 0 saturated carbocycles. The van der Waals surface area contributed by atoms with Crippen molar-refractivity contribution in [3.05, 3.63) is 10.6 Å². The number of carbonyl (C=O) groups is 1. The van der Waals surface area contributed by atoms with Gasteiger partial charge < -0.3 is 14.5 Å². The molecule has 0 spiro atoms. The standard InChI is InChI=1S/C13H19N3O2S/c1-3-10-8-18-7-6-16(10)12(17)11-9(2)15-5-4-14-13(15)19-11/h10H,3-8H2,1-2H3/t10-/m0/s1. The molecule has 1 fully saturated rings. The quantitative estimate of drug-likeness (QED) is 0.765. The van der Waals surface area contributed by atoms with Gasteiger partial charge in [-0.2, -0.15) is 0 Å². The Morgan fingerprint density at radius 1 is 1.53 bits per heavy atom. The van der Waals surface area contributed by atoms with Crippen molar-refractivity contribution in [2.45, 2.75) is 26.3 Å². The number of aliphatic imine (C=N–C) groups is 1. The van der Waals surface area contributed by atoms with Crippen molar-refractivity contribution in [2.24, 2.45) is 4.99 Å². The van der Waals surface area contributed by atoms with Crippen molar-refractivity contribution in [1.82, 2.24) is 9.80 Å². The molecule has 0 N–H and O–H groups in total. The Kier molecular flexibility index (Phi) is 3.54. The number of fused-ring (bicyclic) bond motifs is 1. The van der Waals surface area contributed by atoms with Gasteiger partial charge in [-0.3, -0.25) is 9.79 Å². The zero-order chi connectivity index (χ0) is 13.4. The van der Waals surface area contributed by atoms with Gasteiger partial charge in [0, 0.05) is 18.8 Å². The van der Waals surface area contributed by atoms with E-state index in [0.717, 1.165) is 35.3 Å². The lowest BCUT2D eigenvalue weighted by atomic mass is 10.1. The van der Waals surface area contributed by atoms with E-state index >= 15 is 0 Å². The Balaban J connectivity index is 1.80. The number of morpholine rings is 1. The lowest BCUT2D eigenvalue weighted by Gasteiger charge is -2.35. The second-order valence-corrected chi connectivity index (χ2v) is 5.95. The SMILES string of the molecule is CC[C@H]1COCCN1C(=O)C1=C(C)N2CCN=C2S1. The number of carbonyl (C=O) groups excluding carboxylic acids is 1. The van der Waals surface area contributed by atoms with Crippen molar-refractivity contribution >= 4 is 22.8 Å². The molecule has 3 aliphatic heterocycles. The Morgan fingerprint density at radius 2 is 2.37 bits per heavy atom. The number of amidine groups is 1. The van der Waals surface area contributed by atoms with Crippen LogP contribution in [0.25, 0.3) is 0 Å². The van der Waals surface area contributed by atoms with Crippen LogP contribution in [0.1, 0.15) is 20.3 Å². The van der Waals surface area contributed by atoms with E-state index < -0.39 is 0 Å². The molecule has 3 aliphatic rings. The molecule has 3 rings (SSSR count). The van der Waals surface area contributed by atoms with Crippen LogP contribution in [0, 0.1) is 0 Å². The van der Waals surface area contributed by atoms with Crippen LogP contribution < -0.4 is 0 Å². The fourth-order valence-electron chi connectivity index (χ4n) is 2.70. The molecular weight excluding hydrogens is 262 g/mol. The van der Waals surface area contributed by atoms with Crippen LogP contribution in [0.2, 0.25) is 0 Å². The van der Waals surface area contributed by atoms with E-state index in [4.69, 9.17) is 4.74 Å². The van der Waals surface area contributed by atoms with Crippen LogP contribution in [-0.2, 0) is 9.53 Å². The molecule has 0 bridgehead atoms. The van der Waals surface area contributed by atoms with E-state index in [2.05, 4.69) is 16.8 Å². The number of allylic oxidation sites excluding steroid dienone is 1. The van der Waals surface area contributed by atoms with Gasteiger partial charge in [0.2, 0.25) is 0 Å². The molecule has 3 heterocycles. The molecule has 104 valence electrons. The van der Waals surface area contributed by atoms with Crippen molar-refractivity contribution in [1.29, 1.82) is 0 Å². The summed E-state index contributed by atoms with van der Waals surface area (Å²) in [6.45, 7) is 7.87. The Morgan fingerprint density at radius 3 is 3.11 bits per heavy atom. The number of amides is 1. The highest BCUT2D eigenvalue weighted by Gasteiger charge is 2.37. The number of thioether (sulfide) groups is 1. The third-order valence-electron chi connectivity index (χ3n) is 3.88. The van der Waals surface area contributed by atoms with Crippen LogP contribution in [-0.4, -0.2) is 59.8 Å². The summed E-state index contributed by atoms with van der Waals surface area (Å²) in [5.41, 5.74) is 1.06. The summed E-state index contributed by atoms with van der Waals surface area (Å²) in [4.78, 5) is 22.1. The Labute approximate surface area is 117 Å². The second kappa shape index (κ2) is 5.17. The minimum atomic E-state index is 0.148. The molecule has 0 unspecified atom stereocenters. The van der Waals surface area contributed by atoms with Crippen LogP contribution in [0.4, 0.5) is 0 Å². The normalized spacial score (nSPS) is 26.8. The lowest BCUT2D eigenvalue weighted by Crippen LogP contribution is -2.48. The number of hydrogen-bond acceptors (Lipinski definition) is 5. The smallest absolute Gasteiger partial charge is 0.262 e. The molecule has 19 heavy (non-hydrogen) atoms. The highest BCUT2D eigenvalue weighted by atomic mass is 32.2. The Bertz CT molecular complexity index is 461. The highest BCUT2D eigenvalue weighted by molar-refractivity contribution is 8.18. The van der Waals surface area contributed by atoms with Crippen molar-refractivity contribution in [3.63, 3.8) is 0 Å². The fourth-order valence-corrected chi connectivity index (χ4v) is 3.84.